The van der Waals surface area contributed by atoms with Crippen LogP contribution in [0.4, 0.5) is 5.69 Å². The van der Waals surface area contributed by atoms with Crippen LogP contribution in [0.1, 0.15) is 12.8 Å². The maximum absolute atomic E-state index is 12.0. The minimum absolute atomic E-state index is 0.130. The van der Waals surface area contributed by atoms with Crippen molar-refractivity contribution in [1.82, 2.24) is 10.0 Å². The predicted molar refractivity (Wildman–Crippen MR) is 80.9 cm³/mol. The number of rotatable bonds is 6. The smallest absolute Gasteiger partial charge is 0.240 e. The van der Waals surface area contributed by atoms with Crippen LogP contribution in [0.5, 0.6) is 0 Å². The number of hydrogen-bond donors (Lipinski definition) is 3. The van der Waals surface area contributed by atoms with Crippen LogP contribution in [0, 0.1) is 0 Å². The van der Waals surface area contributed by atoms with E-state index in [1.54, 1.807) is 24.3 Å². The fourth-order valence-electron chi connectivity index (χ4n) is 2.23. The van der Waals surface area contributed by atoms with E-state index in [0.29, 0.717) is 17.5 Å². The first-order chi connectivity index (χ1) is 10.1. The monoisotopic (exact) mass is 311 g/mol. The first kappa shape index (κ1) is 14.8. The Morgan fingerprint density at radius 1 is 1.24 bits per heavy atom. The fourth-order valence-corrected chi connectivity index (χ4v) is 3.54. The van der Waals surface area contributed by atoms with Crippen LogP contribution in [0.25, 0.3) is 0 Å². The molecule has 1 saturated carbocycles. The molecule has 3 rings (SSSR count). The molecule has 1 aromatic rings. The van der Waals surface area contributed by atoms with Crippen LogP contribution in [0.2, 0.25) is 0 Å². The summed E-state index contributed by atoms with van der Waals surface area (Å²) in [5.74, 6) is 0. The number of nitrogens with one attached hydrogen (secondary N) is 3. The Bertz CT molecular complexity index is 564. The summed E-state index contributed by atoms with van der Waals surface area (Å²) < 4.78 is 32.1. The molecule has 1 heterocycles. The van der Waals surface area contributed by atoms with Gasteiger partial charge in [-0.2, -0.15) is 0 Å². The van der Waals surface area contributed by atoms with Crippen molar-refractivity contribution in [1.29, 1.82) is 0 Å². The highest BCUT2D eigenvalue weighted by Crippen LogP contribution is 2.22. The Labute approximate surface area is 125 Å². The average molecular weight is 311 g/mol. The molecule has 1 aliphatic heterocycles. The van der Waals surface area contributed by atoms with Crippen molar-refractivity contribution in [2.75, 3.05) is 31.6 Å². The first-order valence-corrected chi connectivity index (χ1v) is 8.79. The molecule has 1 aromatic carbocycles. The van der Waals surface area contributed by atoms with Crippen LogP contribution in [0.3, 0.4) is 0 Å². The molecular weight excluding hydrogens is 290 g/mol. The van der Waals surface area contributed by atoms with E-state index in [1.165, 1.54) is 0 Å². The van der Waals surface area contributed by atoms with Crippen molar-refractivity contribution in [3.63, 3.8) is 0 Å². The van der Waals surface area contributed by atoms with Gasteiger partial charge in [0.05, 0.1) is 18.1 Å². The predicted octanol–water partition coefficient (Wildman–Crippen LogP) is 0.528. The van der Waals surface area contributed by atoms with Gasteiger partial charge < -0.3 is 15.4 Å². The van der Waals surface area contributed by atoms with Crippen molar-refractivity contribution in [3.8, 4) is 0 Å². The van der Waals surface area contributed by atoms with E-state index >= 15 is 0 Å². The number of hydrogen-bond acceptors (Lipinski definition) is 5. The standard InChI is InChI=1S/C14H21N3O3S/c18-21(19,17-12-1-2-12)14-5-3-11(4-6-14)16-9-13-10-20-8-7-15-13/h3-6,12-13,15-17H,1-2,7-10H2. The molecule has 21 heavy (non-hydrogen) atoms. The molecule has 0 bridgehead atoms. The molecule has 0 spiro atoms. The fraction of sp³-hybridized carbons (Fsp3) is 0.571. The highest BCUT2D eigenvalue weighted by molar-refractivity contribution is 7.89. The van der Waals surface area contributed by atoms with Gasteiger partial charge in [0, 0.05) is 30.9 Å². The lowest BCUT2D eigenvalue weighted by Crippen LogP contribution is -2.45. The minimum atomic E-state index is -3.36. The van der Waals surface area contributed by atoms with Crippen LogP contribution >= 0.6 is 0 Å². The largest absolute Gasteiger partial charge is 0.383 e. The Kier molecular flexibility index (Phi) is 4.44. The van der Waals surface area contributed by atoms with Crippen molar-refractivity contribution in [2.45, 2.75) is 29.8 Å². The van der Waals surface area contributed by atoms with Gasteiger partial charge in [-0.25, -0.2) is 13.1 Å². The summed E-state index contributed by atoms with van der Waals surface area (Å²) >= 11 is 0. The van der Waals surface area contributed by atoms with E-state index in [1.807, 2.05) is 0 Å². The molecule has 2 aliphatic rings. The minimum Gasteiger partial charge on any atom is -0.383 e. The zero-order valence-electron chi connectivity index (χ0n) is 11.8. The molecule has 0 aromatic heterocycles. The molecule has 2 fully saturated rings. The van der Waals surface area contributed by atoms with Crippen molar-refractivity contribution < 1.29 is 13.2 Å². The summed E-state index contributed by atoms with van der Waals surface area (Å²) in [4.78, 5) is 0.319. The maximum Gasteiger partial charge on any atom is 0.240 e. The van der Waals surface area contributed by atoms with Gasteiger partial charge in [0.15, 0.2) is 0 Å². The lowest BCUT2D eigenvalue weighted by molar-refractivity contribution is 0.0806. The number of morpholine rings is 1. The van der Waals surface area contributed by atoms with Crippen LogP contribution in [0.15, 0.2) is 29.2 Å². The van der Waals surface area contributed by atoms with E-state index in [0.717, 1.165) is 38.2 Å². The molecule has 1 aliphatic carbocycles. The summed E-state index contributed by atoms with van der Waals surface area (Å²) in [6.45, 7) is 3.09. The maximum atomic E-state index is 12.0. The van der Waals surface area contributed by atoms with E-state index in [9.17, 15) is 8.42 Å². The van der Waals surface area contributed by atoms with Crippen molar-refractivity contribution in [2.24, 2.45) is 0 Å². The van der Waals surface area contributed by atoms with Gasteiger partial charge in [0.25, 0.3) is 0 Å². The normalized spacial score (nSPS) is 23.0. The molecule has 1 unspecified atom stereocenters. The van der Waals surface area contributed by atoms with Gasteiger partial charge >= 0.3 is 0 Å². The molecule has 0 radical (unpaired) electrons. The quantitative estimate of drug-likeness (QED) is 0.714. The lowest BCUT2D eigenvalue weighted by Gasteiger charge is -2.24. The third-order valence-corrected chi connectivity index (χ3v) is 5.15. The number of ether oxygens (including phenoxy) is 1. The SMILES string of the molecule is O=S(=O)(NC1CC1)c1ccc(NCC2COCCN2)cc1. The van der Waals surface area contributed by atoms with Gasteiger partial charge in [0.1, 0.15) is 0 Å². The van der Waals surface area contributed by atoms with Crippen LogP contribution < -0.4 is 15.4 Å². The van der Waals surface area contributed by atoms with Crippen LogP contribution in [-0.4, -0.2) is 46.8 Å². The Balaban J connectivity index is 1.55. The molecule has 116 valence electrons. The molecule has 6 nitrogen and oxygen atoms in total. The Morgan fingerprint density at radius 2 is 2.00 bits per heavy atom. The third kappa shape index (κ3) is 4.16. The topological polar surface area (TPSA) is 79.5 Å². The summed E-state index contributed by atoms with van der Waals surface area (Å²) in [7, 11) is -3.36. The second-order valence-corrected chi connectivity index (χ2v) is 7.24. The van der Waals surface area contributed by atoms with Gasteiger partial charge in [-0.05, 0) is 37.1 Å². The summed E-state index contributed by atoms with van der Waals surface area (Å²) in [5.41, 5.74) is 0.910. The lowest BCUT2D eigenvalue weighted by atomic mass is 10.2. The summed E-state index contributed by atoms with van der Waals surface area (Å²) in [6.07, 6.45) is 1.88. The molecular formula is C14H21N3O3S. The first-order valence-electron chi connectivity index (χ1n) is 7.31. The number of benzene rings is 1. The average Bonchev–Trinajstić information content (AvgIpc) is 3.30. The van der Waals surface area contributed by atoms with Gasteiger partial charge in [-0.1, -0.05) is 0 Å². The zero-order chi connectivity index (χ0) is 14.7. The highest BCUT2D eigenvalue weighted by atomic mass is 32.2. The molecule has 1 saturated heterocycles. The Hall–Kier alpha value is -1.15. The van der Waals surface area contributed by atoms with E-state index < -0.39 is 10.0 Å². The molecule has 3 N–H and O–H groups in total. The number of anilines is 1. The third-order valence-electron chi connectivity index (χ3n) is 3.61. The zero-order valence-corrected chi connectivity index (χ0v) is 12.7. The number of sulfonamides is 1. The molecule has 7 heteroatoms. The Morgan fingerprint density at radius 3 is 2.62 bits per heavy atom. The van der Waals surface area contributed by atoms with Crippen LogP contribution in [-0.2, 0) is 14.8 Å². The second-order valence-electron chi connectivity index (χ2n) is 5.53. The summed E-state index contributed by atoms with van der Waals surface area (Å²) in [6, 6.07) is 7.29. The van der Waals surface area contributed by atoms with Gasteiger partial charge in [-0.15, -0.1) is 0 Å². The van der Waals surface area contributed by atoms with E-state index in [-0.39, 0.29) is 6.04 Å². The molecule has 1 atom stereocenters. The van der Waals surface area contributed by atoms with E-state index in [2.05, 4.69) is 15.4 Å². The highest BCUT2D eigenvalue weighted by Gasteiger charge is 2.27. The second kappa shape index (κ2) is 6.31. The van der Waals surface area contributed by atoms with Gasteiger partial charge in [0.2, 0.25) is 10.0 Å². The van der Waals surface area contributed by atoms with Crippen molar-refractivity contribution >= 4 is 15.7 Å². The van der Waals surface area contributed by atoms with Gasteiger partial charge in [-0.3, -0.25) is 0 Å². The van der Waals surface area contributed by atoms with E-state index in [4.69, 9.17) is 4.74 Å². The molecule has 0 amide bonds. The van der Waals surface area contributed by atoms with Crippen molar-refractivity contribution in [3.05, 3.63) is 24.3 Å². The summed E-state index contributed by atoms with van der Waals surface area (Å²) in [5, 5.41) is 6.65.